The van der Waals surface area contributed by atoms with Crippen LogP contribution in [0.5, 0.6) is 0 Å². The summed E-state index contributed by atoms with van der Waals surface area (Å²) in [6.07, 6.45) is 20.0. The van der Waals surface area contributed by atoms with Gasteiger partial charge in [-0.15, -0.1) is 0 Å². The van der Waals surface area contributed by atoms with Crippen molar-refractivity contribution in [2.45, 2.75) is 164 Å². The SMILES string of the molecule is CCCCCCCCCCCCCCSSCCNC(=O)CCC1=C(C)c2cc3[nH]c(cc4[nH]c(cc5nc(cc1n2)C(CCC(=O)OC)=C5C)c(C)c4CC)c(C)c3CC. The lowest BCUT2D eigenvalue weighted by atomic mass is 9.98. The molecule has 0 unspecified atom stereocenters. The number of allylic oxidation sites excluding steroid dienone is 4. The van der Waals surface area contributed by atoms with Gasteiger partial charge in [0, 0.05) is 53.0 Å². The predicted octanol–water partition coefficient (Wildman–Crippen LogP) is 13.8. The zero-order valence-corrected chi connectivity index (χ0v) is 40.2. The van der Waals surface area contributed by atoms with Crippen molar-refractivity contribution in [1.29, 1.82) is 0 Å². The van der Waals surface area contributed by atoms with Crippen LogP contribution in [0.1, 0.15) is 182 Å². The Morgan fingerprint density at radius 3 is 1.61 bits per heavy atom. The lowest BCUT2D eigenvalue weighted by Gasteiger charge is -2.08. The van der Waals surface area contributed by atoms with Crippen LogP contribution in [-0.2, 0) is 27.2 Å². The number of methoxy groups -OCH3 is 1. The Hall–Kier alpha value is -3.76. The maximum Gasteiger partial charge on any atom is 0.305 e. The minimum Gasteiger partial charge on any atom is -0.469 e. The molecule has 0 saturated carbocycles. The van der Waals surface area contributed by atoms with Crippen molar-refractivity contribution < 1.29 is 14.3 Å². The van der Waals surface area contributed by atoms with Crippen molar-refractivity contribution in [3.63, 3.8) is 0 Å². The van der Waals surface area contributed by atoms with Crippen LogP contribution in [0.3, 0.4) is 0 Å². The monoisotopic (exact) mass is 868 g/mol. The van der Waals surface area contributed by atoms with Gasteiger partial charge < -0.3 is 20.0 Å². The second kappa shape index (κ2) is 24.8. The average Bonchev–Trinajstić information content (AvgIpc) is 3.92. The number of amides is 1. The molecule has 5 heterocycles. The number of esters is 1. The quantitative estimate of drug-likeness (QED) is 0.0441. The van der Waals surface area contributed by atoms with E-state index < -0.39 is 0 Å². The van der Waals surface area contributed by atoms with Crippen LogP contribution in [0.4, 0.5) is 0 Å². The fourth-order valence-electron chi connectivity index (χ4n) is 8.77. The van der Waals surface area contributed by atoms with Gasteiger partial charge in [-0.1, -0.05) is 113 Å². The van der Waals surface area contributed by atoms with Gasteiger partial charge in [-0.2, -0.15) is 0 Å². The number of H-pyrrole nitrogens is 2. The van der Waals surface area contributed by atoms with Gasteiger partial charge in [-0.3, -0.25) is 9.59 Å². The Labute approximate surface area is 374 Å². The molecule has 0 aliphatic carbocycles. The minimum absolute atomic E-state index is 0.0559. The van der Waals surface area contributed by atoms with Crippen molar-refractivity contribution >= 4 is 77.8 Å². The standard InChI is InChI=1S/C51H73N5O3S2/c1-9-12-13-14-15-16-17-18-19-20-21-22-28-60-61-29-27-52-50(57)25-23-40-36(6)45-32-47-39(11-3)35(5)44(54-47)31-46-38(10-2)34(4)42(53-46)30-43-37(7)41(24-26-51(58)59-8)49(55-43)33-48(40)56-45/h30-33,53-54H,9-29H2,1-8H3,(H,52,57). The maximum absolute atomic E-state index is 13.3. The van der Waals surface area contributed by atoms with E-state index in [-0.39, 0.29) is 18.3 Å². The molecule has 1 amide bonds. The molecule has 0 fully saturated rings. The van der Waals surface area contributed by atoms with Gasteiger partial charge in [0.15, 0.2) is 0 Å². The Balaban J connectivity index is 1.28. The molecule has 2 aliphatic rings. The highest BCUT2D eigenvalue weighted by Gasteiger charge is 2.23. The molecule has 0 saturated heterocycles. The molecular weight excluding hydrogens is 795 g/mol. The normalized spacial score (nSPS) is 12.8. The number of hydrogen-bond donors (Lipinski definition) is 3. The number of aromatic nitrogens is 4. The Morgan fingerprint density at radius 1 is 0.590 bits per heavy atom. The summed E-state index contributed by atoms with van der Waals surface area (Å²) in [4.78, 5) is 43.6. The number of aromatic amines is 2. The van der Waals surface area contributed by atoms with E-state index >= 15 is 0 Å². The van der Waals surface area contributed by atoms with Crippen LogP contribution in [0, 0.1) is 13.8 Å². The Morgan fingerprint density at radius 2 is 1.07 bits per heavy atom. The van der Waals surface area contributed by atoms with Crippen LogP contribution in [-0.4, -0.2) is 57.0 Å². The Bertz CT molecular complexity index is 2200. The van der Waals surface area contributed by atoms with Crippen molar-refractivity contribution in [3.8, 4) is 0 Å². The summed E-state index contributed by atoms with van der Waals surface area (Å²) in [5.74, 6) is 1.88. The molecule has 3 aromatic heterocycles. The molecule has 332 valence electrons. The zero-order valence-electron chi connectivity index (χ0n) is 38.6. The summed E-state index contributed by atoms with van der Waals surface area (Å²) in [7, 11) is 5.23. The first-order chi connectivity index (χ1) is 29.6. The molecule has 0 aromatic carbocycles. The number of carbonyl (C=O) groups is 2. The lowest BCUT2D eigenvalue weighted by molar-refractivity contribution is -0.140. The number of nitrogens with zero attached hydrogens (tertiary/aromatic N) is 2. The van der Waals surface area contributed by atoms with Crippen LogP contribution >= 0.6 is 21.6 Å². The summed E-state index contributed by atoms with van der Waals surface area (Å²) in [6, 6.07) is 8.62. The summed E-state index contributed by atoms with van der Waals surface area (Å²) < 4.78 is 5.03. The molecule has 10 heteroatoms. The number of ether oxygens (including phenoxy) is 1. The van der Waals surface area contributed by atoms with Gasteiger partial charge >= 0.3 is 5.97 Å². The third kappa shape index (κ3) is 13.4. The van der Waals surface area contributed by atoms with Gasteiger partial charge in [-0.05, 0) is 129 Å². The molecule has 2 aliphatic heterocycles. The average molecular weight is 868 g/mol. The number of rotatable bonds is 25. The molecule has 5 rings (SSSR count). The summed E-state index contributed by atoms with van der Waals surface area (Å²) >= 11 is 0. The van der Waals surface area contributed by atoms with Crippen LogP contribution in [0.15, 0.2) is 24.3 Å². The van der Waals surface area contributed by atoms with E-state index in [9.17, 15) is 9.59 Å². The molecule has 8 nitrogen and oxygen atoms in total. The molecule has 61 heavy (non-hydrogen) atoms. The van der Waals surface area contributed by atoms with E-state index in [0.29, 0.717) is 25.8 Å². The van der Waals surface area contributed by atoms with Crippen molar-refractivity contribution in [2.24, 2.45) is 0 Å². The van der Waals surface area contributed by atoms with Gasteiger partial charge in [-0.25, -0.2) is 9.97 Å². The van der Waals surface area contributed by atoms with E-state index in [1.54, 1.807) is 0 Å². The van der Waals surface area contributed by atoms with Crippen molar-refractivity contribution in [3.05, 3.63) is 69.3 Å². The minimum atomic E-state index is -0.252. The van der Waals surface area contributed by atoms with Crippen LogP contribution < -0.4 is 5.32 Å². The fraction of sp³-hybridized carbons (Fsp3) is 0.569. The number of hydrogen-bond acceptors (Lipinski definition) is 7. The fourth-order valence-corrected chi connectivity index (χ4v) is 10.8. The second-order valence-electron chi connectivity index (χ2n) is 16.8. The van der Waals surface area contributed by atoms with E-state index in [1.807, 2.05) is 21.6 Å². The molecule has 0 atom stereocenters. The first kappa shape index (κ1) is 48.3. The van der Waals surface area contributed by atoms with E-state index in [4.69, 9.17) is 14.7 Å². The molecule has 0 radical (unpaired) electrons. The largest absolute Gasteiger partial charge is 0.469 e. The van der Waals surface area contributed by atoms with Gasteiger partial charge in [0.1, 0.15) is 0 Å². The van der Waals surface area contributed by atoms with Crippen molar-refractivity contribution in [2.75, 3.05) is 25.2 Å². The first-order valence-electron chi connectivity index (χ1n) is 23.3. The smallest absolute Gasteiger partial charge is 0.305 e. The summed E-state index contributed by atoms with van der Waals surface area (Å²) in [6.45, 7) is 15.9. The highest BCUT2D eigenvalue weighted by Crippen LogP contribution is 2.38. The highest BCUT2D eigenvalue weighted by molar-refractivity contribution is 8.76. The van der Waals surface area contributed by atoms with E-state index in [1.165, 1.54) is 112 Å². The first-order valence-corrected chi connectivity index (χ1v) is 25.8. The Kier molecular flexibility index (Phi) is 19.6. The zero-order chi connectivity index (χ0) is 43.7. The number of unbranched alkanes of at least 4 members (excludes halogenated alkanes) is 11. The molecular formula is C51H73N5O3S2. The van der Waals surface area contributed by atoms with E-state index in [2.05, 4.69) is 88.0 Å². The maximum atomic E-state index is 13.3. The number of fused-ring (bicyclic) bond motifs is 8. The summed E-state index contributed by atoms with van der Waals surface area (Å²) in [5.41, 5.74) is 16.8. The van der Waals surface area contributed by atoms with Crippen LogP contribution in [0.25, 0.3) is 44.4 Å². The number of nitrogens with one attached hydrogen (secondary N) is 3. The van der Waals surface area contributed by atoms with Crippen molar-refractivity contribution in [1.82, 2.24) is 25.3 Å². The number of aryl methyl sites for hydroxylation is 4. The second-order valence-corrected chi connectivity index (χ2v) is 19.5. The van der Waals surface area contributed by atoms with Crippen LogP contribution in [0.2, 0.25) is 0 Å². The molecule has 0 spiro atoms. The highest BCUT2D eigenvalue weighted by atomic mass is 33.1. The summed E-state index contributed by atoms with van der Waals surface area (Å²) in [5, 5.41) is 3.17. The lowest BCUT2D eigenvalue weighted by Crippen LogP contribution is -2.25. The number of carbonyl (C=O) groups excluding carboxylic acids is 2. The predicted molar refractivity (Wildman–Crippen MR) is 264 cm³/mol. The molecule has 3 N–H and O–H groups in total. The van der Waals surface area contributed by atoms with Gasteiger partial charge in [0.2, 0.25) is 5.91 Å². The van der Waals surface area contributed by atoms with Gasteiger partial charge in [0.05, 0.1) is 29.9 Å². The molecule has 8 bridgehead atoms. The molecule has 3 aromatic rings. The van der Waals surface area contributed by atoms with Gasteiger partial charge in [0.25, 0.3) is 0 Å². The van der Waals surface area contributed by atoms with E-state index in [0.717, 1.165) is 85.7 Å². The third-order valence-corrected chi connectivity index (χ3v) is 15.1. The topological polar surface area (TPSA) is 113 Å². The third-order valence-electron chi connectivity index (χ3n) is 12.6.